The molecule has 0 fully saturated rings. The van der Waals surface area contributed by atoms with Crippen LogP contribution in [0.5, 0.6) is 0 Å². The van der Waals surface area contributed by atoms with Crippen molar-refractivity contribution in [1.82, 2.24) is 0 Å². The Morgan fingerprint density at radius 2 is 1.38 bits per heavy atom. The summed E-state index contributed by atoms with van der Waals surface area (Å²) in [4.78, 5) is 0. The van der Waals surface area contributed by atoms with E-state index in [1.165, 1.54) is 10.8 Å². The van der Waals surface area contributed by atoms with Gasteiger partial charge in [-0.1, -0.05) is 67.6 Å². The Bertz CT molecular complexity index is 600. The van der Waals surface area contributed by atoms with Crippen LogP contribution in [0.3, 0.4) is 0 Å². The third kappa shape index (κ3) is 4.08. The van der Waals surface area contributed by atoms with Crippen molar-refractivity contribution in [3.63, 3.8) is 0 Å². The lowest BCUT2D eigenvalue weighted by molar-refractivity contribution is 0.0742. The lowest BCUT2D eigenvalue weighted by Gasteiger charge is -2.28. The lowest BCUT2D eigenvalue weighted by atomic mass is 10.0. The van der Waals surface area contributed by atoms with Gasteiger partial charge in [0.25, 0.3) is 0 Å². The second-order valence-electron chi connectivity index (χ2n) is 5.90. The topological polar surface area (TPSA) is 9.23 Å². The van der Waals surface area contributed by atoms with Gasteiger partial charge in [-0.3, -0.25) is 0 Å². The monoisotopic (exact) mass is 296 g/mol. The van der Waals surface area contributed by atoms with Crippen molar-refractivity contribution in [2.75, 3.05) is 0 Å². The first-order chi connectivity index (χ1) is 10.0. The van der Waals surface area contributed by atoms with Crippen LogP contribution >= 0.6 is 0 Å². The molecule has 0 N–H and O–H groups in total. The second kappa shape index (κ2) is 6.77. The van der Waals surface area contributed by atoms with Crippen molar-refractivity contribution in [1.29, 1.82) is 0 Å². The highest BCUT2D eigenvalue weighted by atomic mass is 28.1. The summed E-state index contributed by atoms with van der Waals surface area (Å²) < 4.78 is 6.40. The fourth-order valence-electron chi connectivity index (χ4n) is 2.11. The molecule has 0 unspecified atom stereocenters. The highest BCUT2D eigenvalue weighted by Crippen LogP contribution is 2.30. The zero-order chi connectivity index (χ0) is 15.3. The quantitative estimate of drug-likeness (QED) is 0.459. The predicted octanol–water partition coefficient (Wildman–Crippen LogP) is 4.08. The first-order valence-electron chi connectivity index (χ1n) is 7.54. The number of hydrogen-bond donors (Lipinski definition) is 0. The Labute approximate surface area is 131 Å². The van der Waals surface area contributed by atoms with Crippen LogP contribution in [0.25, 0.3) is 11.0 Å². The summed E-state index contributed by atoms with van der Waals surface area (Å²) in [6.45, 7) is 6.46. The highest BCUT2D eigenvalue weighted by Gasteiger charge is 2.20. The van der Waals surface area contributed by atoms with Gasteiger partial charge >= 0.3 is 0 Å². The van der Waals surface area contributed by atoms with Crippen LogP contribution in [0.4, 0.5) is 0 Å². The van der Waals surface area contributed by atoms with E-state index in [1.807, 2.05) is 6.07 Å². The van der Waals surface area contributed by atoms with Crippen molar-refractivity contribution < 1.29 is 4.74 Å². The molecule has 1 nitrogen and oxygen atoms in total. The Morgan fingerprint density at radius 3 is 1.86 bits per heavy atom. The number of rotatable bonds is 5. The molecule has 0 saturated heterocycles. The maximum atomic E-state index is 6.40. The van der Waals surface area contributed by atoms with Crippen molar-refractivity contribution in [3.8, 4) is 0 Å². The van der Waals surface area contributed by atoms with Crippen LogP contribution in [0.1, 0.15) is 38.3 Å². The molecule has 21 heavy (non-hydrogen) atoms. The van der Waals surface area contributed by atoms with Gasteiger partial charge in [0.1, 0.15) is 11.4 Å². The molecule has 0 heterocycles. The van der Waals surface area contributed by atoms with Gasteiger partial charge in [0.2, 0.25) is 0 Å². The van der Waals surface area contributed by atoms with Crippen LogP contribution < -0.4 is 0 Å². The van der Waals surface area contributed by atoms with Crippen molar-refractivity contribution in [3.05, 3.63) is 71.8 Å². The summed E-state index contributed by atoms with van der Waals surface area (Å²) in [5.41, 5.74) is 2.26. The predicted molar refractivity (Wildman–Crippen MR) is 95.1 cm³/mol. The Kier molecular flexibility index (Phi) is 5.02. The normalized spacial score (nSPS) is 12.9. The van der Waals surface area contributed by atoms with Crippen LogP contribution in [0.2, 0.25) is 0 Å². The molecule has 110 valence electrons. The van der Waals surface area contributed by atoms with Gasteiger partial charge in [-0.25, -0.2) is 0 Å². The summed E-state index contributed by atoms with van der Waals surface area (Å²) in [7, 11) is 0.945. The van der Waals surface area contributed by atoms with Gasteiger partial charge < -0.3 is 4.74 Å². The van der Waals surface area contributed by atoms with Crippen LogP contribution in [0.15, 0.2) is 60.7 Å². The summed E-state index contributed by atoms with van der Waals surface area (Å²) in [5, 5.41) is 1.31. The molecule has 2 aromatic rings. The Morgan fingerprint density at radius 1 is 0.905 bits per heavy atom. The van der Waals surface area contributed by atoms with Crippen LogP contribution in [-0.4, -0.2) is 15.8 Å². The molecule has 0 radical (unpaired) electrons. The minimum atomic E-state index is -0.157. The standard InChI is InChI=1S/C19H24OSi/c1-4-19(2,3)20-17(15-11-7-5-8-12-15)18(21)16-13-9-6-10-14-16/h5-14H,4H2,1-3,21H3. The smallest absolute Gasteiger partial charge is 0.126 e. The molecule has 0 atom stereocenters. The molecule has 0 aromatic heterocycles. The fraction of sp³-hybridized carbons (Fsp3) is 0.263. The summed E-state index contributed by atoms with van der Waals surface area (Å²) >= 11 is 0. The molecule has 2 rings (SSSR count). The van der Waals surface area contributed by atoms with E-state index in [2.05, 4.69) is 75.4 Å². The van der Waals surface area contributed by atoms with Gasteiger partial charge in [-0.15, -0.1) is 0 Å². The van der Waals surface area contributed by atoms with E-state index in [0.717, 1.165) is 28.0 Å². The van der Waals surface area contributed by atoms with Crippen LogP contribution in [0, 0.1) is 0 Å². The largest absolute Gasteiger partial charge is 0.487 e. The fourth-order valence-corrected chi connectivity index (χ4v) is 2.83. The zero-order valence-electron chi connectivity index (χ0n) is 13.4. The SMILES string of the molecule is CCC(C)(C)OC(=C([SiH3])c1ccccc1)c1ccccc1. The average molecular weight is 296 g/mol. The molecule has 2 heteroatoms. The molecule has 2 aromatic carbocycles. The number of benzene rings is 2. The van der Waals surface area contributed by atoms with E-state index < -0.39 is 0 Å². The first kappa shape index (κ1) is 15.6. The molecule has 0 saturated carbocycles. The van der Waals surface area contributed by atoms with Crippen molar-refractivity contribution in [2.24, 2.45) is 0 Å². The Balaban J connectivity index is 2.51. The van der Waals surface area contributed by atoms with E-state index in [0.29, 0.717) is 0 Å². The molecule has 0 aliphatic carbocycles. The first-order valence-corrected chi connectivity index (χ1v) is 8.54. The summed E-state index contributed by atoms with van der Waals surface area (Å²) in [6, 6.07) is 21.0. The van der Waals surface area contributed by atoms with Gasteiger partial charge in [0.15, 0.2) is 0 Å². The lowest BCUT2D eigenvalue weighted by Crippen LogP contribution is -2.22. The van der Waals surface area contributed by atoms with E-state index in [-0.39, 0.29) is 5.60 Å². The average Bonchev–Trinajstić information content (AvgIpc) is 2.54. The van der Waals surface area contributed by atoms with E-state index in [4.69, 9.17) is 4.74 Å². The van der Waals surface area contributed by atoms with Crippen molar-refractivity contribution in [2.45, 2.75) is 32.8 Å². The van der Waals surface area contributed by atoms with Crippen LogP contribution in [-0.2, 0) is 4.74 Å². The van der Waals surface area contributed by atoms with E-state index in [9.17, 15) is 0 Å². The van der Waals surface area contributed by atoms with E-state index >= 15 is 0 Å². The molecule has 0 spiro atoms. The van der Waals surface area contributed by atoms with Gasteiger partial charge in [-0.2, -0.15) is 0 Å². The maximum absolute atomic E-state index is 6.40. The highest BCUT2D eigenvalue weighted by molar-refractivity contribution is 6.46. The minimum absolute atomic E-state index is 0.157. The van der Waals surface area contributed by atoms with Gasteiger partial charge in [0.05, 0.1) is 0 Å². The number of ether oxygens (including phenoxy) is 1. The molecule has 0 aliphatic rings. The second-order valence-corrected chi connectivity index (χ2v) is 6.90. The minimum Gasteiger partial charge on any atom is -0.487 e. The Hall–Kier alpha value is -1.80. The van der Waals surface area contributed by atoms with E-state index in [1.54, 1.807) is 0 Å². The third-order valence-electron chi connectivity index (χ3n) is 3.81. The molecule has 0 aliphatic heterocycles. The number of hydrogen-bond acceptors (Lipinski definition) is 1. The molecule has 0 bridgehead atoms. The summed E-state index contributed by atoms with van der Waals surface area (Å²) in [6.07, 6.45) is 0.979. The molecule has 0 amide bonds. The zero-order valence-corrected chi connectivity index (χ0v) is 15.4. The van der Waals surface area contributed by atoms with Crippen molar-refractivity contribution >= 4 is 21.2 Å². The van der Waals surface area contributed by atoms with Gasteiger partial charge in [-0.05, 0) is 31.0 Å². The third-order valence-corrected chi connectivity index (χ3v) is 4.84. The van der Waals surface area contributed by atoms with Gasteiger partial charge in [0, 0.05) is 15.8 Å². The molecular weight excluding hydrogens is 272 g/mol. The molecular formula is C19H24OSi. The maximum Gasteiger partial charge on any atom is 0.126 e. The summed E-state index contributed by atoms with van der Waals surface area (Å²) in [5.74, 6) is 1.03.